The number of hydrogen-bond acceptors (Lipinski definition) is 2. The molecule has 2 heteroatoms. The van der Waals surface area contributed by atoms with Crippen LogP contribution in [0, 0.1) is 29.6 Å². The smallest absolute Gasteiger partial charge is 0.184 e. The van der Waals surface area contributed by atoms with E-state index >= 15 is 0 Å². The minimum atomic E-state index is -0.178. The lowest BCUT2D eigenvalue weighted by Gasteiger charge is -2.53. The second kappa shape index (κ2) is 4.80. The molecule has 1 spiro atoms. The summed E-state index contributed by atoms with van der Waals surface area (Å²) in [5.74, 6) is 2.90. The summed E-state index contributed by atoms with van der Waals surface area (Å²) < 4.78 is 6.55. The van der Waals surface area contributed by atoms with Gasteiger partial charge in [-0.15, -0.1) is 0 Å². The molecule has 1 unspecified atom stereocenters. The summed E-state index contributed by atoms with van der Waals surface area (Å²) >= 11 is 0. The molecule has 2 saturated carbocycles. The zero-order valence-corrected chi connectivity index (χ0v) is 14.1. The number of allylic oxidation sites excluding steroid dienone is 1. The first-order valence-electron chi connectivity index (χ1n) is 9.06. The molecule has 22 heavy (non-hydrogen) atoms. The first-order valence-corrected chi connectivity index (χ1v) is 9.06. The molecular weight excluding hydrogens is 272 g/mol. The Balaban J connectivity index is 1.91. The van der Waals surface area contributed by atoms with E-state index in [4.69, 9.17) is 4.74 Å². The second-order valence-electron chi connectivity index (χ2n) is 8.38. The van der Waals surface area contributed by atoms with Crippen molar-refractivity contribution < 1.29 is 9.53 Å². The van der Waals surface area contributed by atoms with Crippen molar-refractivity contribution in [2.24, 2.45) is 29.6 Å². The molecule has 6 atom stereocenters. The van der Waals surface area contributed by atoms with Crippen LogP contribution in [0.15, 0.2) is 23.8 Å². The first-order chi connectivity index (χ1) is 10.4. The maximum absolute atomic E-state index is 12.5. The maximum Gasteiger partial charge on any atom is 0.184 e. The molecule has 3 bridgehead atoms. The Morgan fingerprint density at radius 3 is 2.82 bits per heavy atom. The Bertz CT molecular complexity index is 558. The van der Waals surface area contributed by atoms with Crippen molar-refractivity contribution >= 4 is 5.78 Å². The topological polar surface area (TPSA) is 26.3 Å². The van der Waals surface area contributed by atoms with Crippen LogP contribution in [0.5, 0.6) is 0 Å². The molecule has 0 amide bonds. The first kappa shape index (κ1) is 14.7. The summed E-state index contributed by atoms with van der Waals surface area (Å²) in [5, 5.41) is 0. The summed E-state index contributed by atoms with van der Waals surface area (Å²) in [5.41, 5.74) is 2.47. The monoisotopic (exact) mass is 300 g/mol. The van der Waals surface area contributed by atoms with Crippen LogP contribution in [0.25, 0.3) is 0 Å². The Labute approximate surface area is 134 Å². The van der Waals surface area contributed by atoms with Crippen LogP contribution in [-0.2, 0) is 9.53 Å². The quantitative estimate of drug-likeness (QED) is 0.675. The van der Waals surface area contributed by atoms with Crippen molar-refractivity contribution in [3.63, 3.8) is 0 Å². The van der Waals surface area contributed by atoms with E-state index in [1.807, 2.05) is 6.08 Å². The lowest BCUT2D eigenvalue weighted by molar-refractivity contribution is -0.142. The van der Waals surface area contributed by atoms with Crippen molar-refractivity contribution in [1.82, 2.24) is 0 Å². The fourth-order valence-corrected chi connectivity index (χ4v) is 5.96. The summed E-state index contributed by atoms with van der Waals surface area (Å²) in [6, 6.07) is 0. The molecule has 2 aliphatic carbocycles. The van der Waals surface area contributed by atoms with Gasteiger partial charge >= 0.3 is 0 Å². The number of hydrogen-bond donors (Lipinski definition) is 0. The number of carbonyl (C=O) groups is 1. The summed E-state index contributed by atoms with van der Waals surface area (Å²) in [4.78, 5) is 12.5. The standard InChI is InChI=1S/C20H28O2/c1-11(2)14-7-5-12(3)15-8-6-13(4)20-16(15)9-18(21)19(22-20)10-17(14)20/h9,11,13-15,17,19H,3,5-8,10H2,1-2,4H3/t13-,14-,15+,17-,19?,20-/m1/s1. The number of fused-ring (bicyclic) bond motifs is 1. The normalized spacial score (nSPS) is 47.3. The molecule has 0 N–H and O–H groups in total. The molecule has 2 heterocycles. The van der Waals surface area contributed by atoms with E-state index in [2.05, 4.69) is 27.4 Å². The van der Waals surface area contributed by atoms with E-state index in [1.165, 1.54) is 24.0 Å². The van der Waals surface area contributed by atoms with Crippen molar-refractivity contribution in [1.29, 1.82) is 0 Å². The average Bonchev–Trinajstić information content (AvgIpc) is 2.78. The van der Waals surface area contributed by atoms with Gasteiger partial charge in [0, 0.05) is 5.92 Å². The van der Waals surface area contributed by atoms with Crippen molar-refractivity contribution in [2.45, 2.75) is 64.6 Å². The summed E-state index contributed by atoms with van der Waals surface area (Å²) in [6.45, 7) is 11.4. The number of rotatable bonds is 1. The molecule has 2 aliphatic heterocycles. The zero-order chi connectivity index (χ0) is 15.6. The van der Waals surface area contributed by atoms with Crippen LogP contribution in [0.2, 0.25) is 0 Å². The molecule has 4 rings (SSSR count). The van der Waals surface area contributed by atoms with Gasteiger partial charge in [0.2, 0.25) is 0 Å². The summed E-state index contributed by atoms with van der Waals surface area (Å²) in [7, 11) is 0. The van der Waals surface area contributed by atoms with Gasteiger partial charge in [0.15, 0.2) is 5.78 Å². The third-order valence-corrected chi connectivity index (χ3v) is 7.08. The van der Waals surface area contributed by atoms with Crippen molar-refractivity contribution in [3.05, 3.63) is 23.8 Å². The highest BCUT2D eigenvalue weighted by Crippen LogP contribution is 2.61. The van der Waals surface area contributed by atoms with Gasteiger partial charge in [0.05, 0.1) is 5.60 Å². The van der Waals surface area contributed by atoms with Gasteiger partial charge in [-0.3, -0.25) is 4.79 Å². The third-order valence-electron chi connectivity index (χ3n) is 7.08. The van der Waals surface area contributed by atoms with Crippen LogP contribution < -0.4 is 0 Å². The SMILES string of the molecule is C=C1CC[C@H](C(C)C)[C@H]2CC3O[C@]24C(=CC3=O)[C@H]1CC[C@H]4C. The zero-order valence-electron chi connectivity index (χ0n) is 14.1. The van der Waals surface area contributed by atoms with Gasteiger partial charge in [0.1, 0.15) is 6.10 Å². The highest BCUT2D eigenvalue weighted by Gasteiger charge is 2.63. The minimum Gasteiger partial charge on any atom is -0.359 e. The molecule has 120 valence electrons. The fourth-order valence-electron chi connectivity index (χ4n) is 5.96. The van der Waals surface area contributed by atoms with E-state index in [9.17, 15) is 4.79 Å². The molecule has 0 aromatic rings. The summed E-state index contributed by atoms with van der Waals surface area (Å²) in [6.07, 6.45) is 7.40. The Kier molecular flexibility index (Phi) is 3.21. The lowest BCUT2D eigenvalue weighted by atomic mass is 9.55. The van der Waals surface area contributed by atoms with Crippen LogP contribution >= 0.6 is 0 Å². The lowest BCUT2D eigenvalue weighted by Crippen LogP contribution is -2.54. The van der Waals surface area contributed by atoms with Crippen LogP contribution in [-0.4, -0.2) is 17.5 Å². The molecule has 0 aromatic carbocycles. The fraction of sp³-hybridized carbons (Fsp3) is 0.750. The van der Waals surface area contributed by atoms with Crippen LogP contribution in [0.1, 0.15) is 52.9 Å². The molecule has 0 aromatic heterocycles. The number of ketones is 1. The highest BCUT2D eigenvalue weighted by molar-refractivity contribution is 5.96. The molecule has 0 radical (unpaired) electrons. The Hall–Kier alpha value is -0.890. The Morgan fingerprint density at radius 1 is 1.32 bits per heavy atom. The minimum absolute atomic E-state index is 0.167. The molecule has 2 nitrogen and oxygen atoms in total. The number of ether oxygens (including phenoxy) is 1. The van der Waals surface area contributed by atoms with E-state index in [0.717, 1.165) is 19.3 Å². The van der Waals surface area contributed by atoms with Gasteiger partial charge < -0.3 is 4.74 Å². The van der Waals surface area contributed by atoms with Crippen molar-refractivity contribution in [2.75, 3.05) is 0 Å². The Morgan fingerprint density at radius 2 is 2.09 bits per heavy atom. The number of carbonyl (C=O) groups excluding carboxylic acids is 1. The molecular formula is C20H28O2. The third kappa shape index (κ3) is 1.73. The molecule has 4 aliphatic rings. The maximum atomic E-state index is 12.5. The van der Waals surface area contributed by atoms with Gasteiger partial charge in [-0.05, 0) is 67.4 Å². The average molecular weight is 300 g/mol. The predicted octanol–water partition coefficient (Wildman–Crippen LogP) is 4.31. The van der Waals surface area contributed by atoms with Crippen LogP contribution in [0.4, 0.5) is 0 Å². The van der Waals surface area contributed by atoms with E-state index in [1.54, 1.807) is 0 Å². The van der Waals surface area contributed by atoms with E-state index < -0.39 is 0 Å². The largest absolute Gasteiger partial charge is 0.359 e. The van der Waals surface area contributed by atoms with Gasteiger partial charge in [-0.1, -0.05) is 32.9 Å². The van der Waals surface area contributed by atoms with Crippen LogP contribution in [0.3, 0.4) is 0 Å². The molecule has 3 fully saturated rings. The predicted molar refractivity (Wildman–Crippen MR) is 87.4 cm³/mol. The van der Waals surface area contributed by atoms with E-state index in [0.29, 0.717) is 29.6 Å². The van der Waals surface area contributed by atoms with E-state index in [-0.39, 0.29) is 17.5 Å². The van der Waals surface area contributed by atoms with Gasteiger partial charge in [-0.25, -0.2) is 0 Å². The van der Waals surface area contributed by atoms with Gasteiger partial charge in [0.25, 0.3) is 0 Å². The highest BCUT2D eigenvalue weighted by atomic mass is 16.5. The second-order valence-corrected chi connectivity index (χ2v) is 8.38. The van der Waals surface area contributed by atoms with Crippen molar-refractivity contribution in [3.8, 4) is 0 Å². The molecule has 1 saturated heterocycles. The van der Waals surface area contributed by atoms with Gasteiger partial charge in [-0.2, -0.15) is 0 Å².